The van der Waals surface area contributed by atoms with Gasteiger partial charge in [0, 0.05) is 17.7 Å². The predicted octanol–water partition coefficient (Wildman–Crippen LogP) is 3.96. The van der Waals surface area contributed by atoms with E-state index in [2.05, 4.69) is 15.9 Å². The Balaban J connectivity index is 2.21. The molecule has 6 heteroatoms. The molecule has 2 rings (SSSR count). The molecule has 5 nitrogen and oxygen atoms in total. The van der Waals surface area contributed by atoms with Gasteiger partial charge in [-0.15, -0.1) is 0 Å². The molecule has 0 unspecified atom stereocenters. The van der Waals surface area contributed by atoms with Crippen LogP contribution < -0.4 is 4.74 Å². The zero-order valence-electron chi connectivity index (χ0n) is 9.58. The normalized spacial score (nSPS) is 9.95. The summed E-state index contributed by atoms with van der Waals surface area (Å²) in [6, 6.07) is 10.7. The molecular weight excluding hydrogens is 314 g/mol. The van der Waals surface area contributed by atoms with E-state index in [0.29, 0.717) is 21.5 Å². The van der Waals surface area contributed by atoms with Gasteiger partial charge in [-0.25, -0.2) is 0 Å². The number of nitrogens with zero attached hydrogens (tertiary/aromatic N) is 1. The fourth-order valence-corrected chi connectivity index (χ4v) is 1.91. The zero-order valence-corrected chi connectivity index (χ0v) is 11.2. The molecule has 0 radical (unpaired) electrons. The highest BCUT2D eigenvalue weighted by atomic mass is 79.9. The van der Waals surface area contributed by atoms with Crippen molar-refractivity contribution < 1.29 is 14.5 Å². The first-order chi connectivity index (χ1) is 9.10. The Bertz CT molecular complexity index is 625. The molecule has 0 aliphatic carbocycles. The molecule has 96 valence electrons. The lowest BCUT2D eigenvalue weighted by molar-refractivity contribution is -0.384. The Morgan fingerprint density at radius 3 is 2.37 bits per heavy atom. The Morgan fingerprint density at radius 2 is 1.84 bits per heavy atom. The number of ether oxygens (including phenoxy) is 1. The molecule has 0 atom stereocenters. The van der Waals surface area contributed by atoms with Crippen molar-refractivity contribution in [1.29, 1.82) is 0 Å². The number of carbonyl (C=O) groups is 1. The Kier molecular flexibility index (Phi) is 3.91. The van der Waals surface area contributed by atoms with Gasteiger partial charge in [-0.05, 0) is 46.3 Å². The molecule has 0 bridgehead atoms. The zero-order chi connectivity index (χ0) is 13.8. The maximum absolute atomic E-state index is 10.6. The lowest BCUT2D eigenvalue weighted by atomic mass is 10.2. The van der Waals surface area contributed by atoms with Gasteiger partial charge >= 0.3 is 0 Å². The van der Waals surface area contributed by atoms with Gasteiger partial charge in [0.2, 0.25) is 0 Å². The third-order valence-corrected chi connectivity index (χ3v) is 2.99. The molecule has 0 spiro atoms. The molecule has 0 N–H and O–H groups in total. The van der Waals surface area contributed by atoms with E-state index in [1.54, 1.807) is 18.2 Å². The number of rotatable bonds is 4. The van der Waals surface area contributed by atoms with E-state index in [9.17, 15) is 14.9 Å². The van der Waals surface area contributed by atoms with E-state index in [4.69, 9.17) is 4.74 Å². The lowest BCUT2D eigenvalue weighted by Gasteiger charge is -2.07. The third kappa shape index (κ3) is 3.17. The van der Waals surface area contributed by atoms with Crippen LogP contribution in [0.15, 0.2) is 46.9 Å². The fourth-order valence-electron chi connectivity index (χ4n) is 1.44. The number of aldehydes is 1. The summed E-state index contributed by atoms with van der Waals surface area (Å²) in [4.78, 5) is 20.6. The summed E-state index contributed by atoms with van der Waals surface area (Å²) in [5.74, 6) is 1.00. The van der Waals surface area contributed by atoms with Crippen molar-refractivity contribution in [2.45, 2.75) is 0 Å². The highest BCUT2D eigenvalue weighted by Gasteiger charge is 2.07. The molecule has 0 aliphatic heterocycles. The number of hydrogen-bond donors (Lipinski definition) is 0. The van der Waals surface area contributed by atoms with Crippen molar-refractivity contribution in [2.75, 3.05) is 0 Å². The summed E-state index contributed by atoms with van der Waals surface area (Å²) < 4.78 is 6.19. The monoisotopic (exact) mass is 321 g/mol. The maximum Gasteiger partial charge on any atom is 0.269 e. The first-order valence-electron chi connectivity index (χ1n) is 5.27. The molecule has 0 aliphatic rings. The average Bonchev–Trinajstić information content (AvgIpc) is 2.41. The smallest absolute Gasteiger partial charge is 0.269 e. The maximum atomic E-state index is 10.6. The van der Waals surface area contributed by atoms with Gasteiger partial charge in [-0.1, -0.05) is 0 Å². The predicted molar refractivity (Wildman–Crippen MR) is 72.7 cm³/mol. The summed E-state index contributed by atoms with van der Waals surface area (Å²) >= 11 is 3.29. The number of nitro groups is 1. The van der Waals surface area contributed by atoms with Crippen LogP contribution >= 0.6 is 15.9 Å². The lowest BCUT2D eigenvalue weighted by Crippen LogP contribution is -1.89. The molecule has 0 saturated heterocycles. The van der Waals surface area contributed by atoms with E-state index in [1.165, 1.54) is 24.3 Å². The molecule has 19 heavy (non-hydrogen) atoms. The third-order valence-electron chi connectivity index (χ3n) is 2.37. The number of benzene rings is 2. The average molecular weight is 322 g/mol. The summed E-state index contributed by atoms with van der Waals surface area (Å²) in [5, 5.41) is 10.5. The van der Waals surface area contributed by atoms with E-state index in [1.807, 2.05) is 0 Å². The second-order valence-electron chi connectivity index (χ2n) is 3.66. The number of carbonyl (C=O) groups excluding carboxylic acids is 1. The van der Waals surface area contributed by atoms with Crippen LogP contribution in [0.1, 0.15) is 10.4 Å². The van der Waals surface area contributed by atoms with Crippen LogP contribution in [0.4, 0.5) is 5.69 Å². The Morgan fingerprint density at radius 1 is 1.16 bits per heavy atom. The van der Waals surface area contributed by atoms with Gasteiger partial charge in [0.15, 0.2) is 0 Å². The second kappa shape index (κ2) is 5.62. The van der Waals surface area contributed by atoms with Crippen molar-refractivity contribution in [2.24, 2.45) is 0 Å². The summed E-state index contributed by atoms with van der Waals surface area (Å²) in [6.07, 6.45) is 0.737. The minimum Gasteiger partial charge on any atom is -0.456 e. The molecule has 0 aromatic heterocycles. The molecule has 0 saturated carbocycles. The van der Waals surface area contributed by atoms with Crippen molar-refractivity contribution in [3.05, 3.63) is 62.6 Å². The molecular formula is C13H8BrNO4. The van der Waals surface area contributed by atoms with Crippen LogP contribution in [-0.4, -0.2) is 11.2 Å². The Labute approximate surface area is 117 Å². The molecule has 0 amide bonds. The van der Waals surface area contributed by atoms with Gasteiger partial charge < -0.3 is 4.74 Å². The quantitative estimate of drug-likeness (QED) is 0.485. The molecule has 0 heterocycles. The van der Waals surface area contributed by atoms with Crippen LogP contribution in [0.3, 0.4) is 0 Å². The summed E-state index contributed by atoms with van der Waals surface area (Å²) in [7, 11) is 0. The molecule has 2 aromatic carbocycles. The highest BCUT2D eigenvalue weighted by Crippen LogP contribution is 2.30. The Hall–Kier alpha value is -2.21. The number of nitro benzene ring substituents is 1. The van der Waals surface area contributed by atoms with Crippen LogP contribution in [0.5, 0.6) is 11.5 Å². The highest BCUT2D eigenvalue weighted by molar-refractivity contribution is 9.10. The SMILES string of the molecule is O=Cc1ccc(Oc2ccc([N+](=O)[O-])cc2)c(Br)c1. The topological polar surface area (TPSA) is 69.4 Å². The first kappa shape index (κ1) is 13.2. The van der Waals surface area contributed by atoms with Gasteiger partial charge in [0.05, 0.1) is 9.40 Å². The number of halogens is 1. The largest absolute Gasteiger partial charge is 0.456 e. The van der Waals surface area contributed by atoms with Gasteiger partial charge in [-0.2, -0.15) is 0 Å². The summed E-state index contributed by atoms with van der Waals surface area (Å²) in [6.45, 7) is 0. The van der Waals surface area contributed by atoms with Crippen molar-refractivity contribution in [3.63, 3.8) is 0 Å². The van der Waals surface area contributed by atoms with E-state index in [0.717, 1.165) is 6.29 Å². The van der Waals surface area contributed by atoms with Gasteiger partial charge in [0.25, 0.3) is 5.69 Å². The minimum atomic E-state index is -0.474. The van der Waals surface area contributed by atoms with E-state index < -0.39 is 4.92 Å². The van der Waals surface area contributed by atoms with Crippen LogP contribution in [0.2, 0.25) is 0 Å². The number of hydrogen-bond acceptors (Lipinski definition) is 4. The van der Waals surface area contributed by atoms with Crippen LogP contribution in [-0.2, 0) is 0 Å². The standard InChI is InChI=1S/C13H8BrNO4/c14-12-7-9(8-16)1-6-13(12)19-11-4-2-10(3-5-11)15(17)18/h1-8H. The second-order valence-corrected chi connectivity index (χ2v) is 4.52. The van der Waals surface area contributed by atoms with Crippen molar-refractivity contribution in [3.8, 4) is 11.5 Å². The summed E-state index contributed by atoms with van der Waals surface area (Å²) in [5.41, 5.74) is 0.533. The fraction of sp³-hybridized carbons (Fsp3) is 0. The van der Waals surface area contributed by atoms with Gasteiger partial charge in [-0.3, -0.25) is 14.9 Å². The molecule has 2 aromatic rings. The molecule has 0 fully saturated rings. The van der Waals surface area contributed by atoms with E-state index in [-0.39, 0.29) is 5.69 Å². The van der Waals surface area contributed by atoms with Crippen LogP contribution in [0.25, 0.3) is 0 Å². The number of non-ortho nitro benzene ring substituents is 1. The first-order valence-corrected chi connectivity index (χ1v) is 6.06. The van der Waals surface area contributed by atoms with Crippen molar-refractivity contribution in [1.82, 2.24) is 0 Å². The van der Waals surface area contributed by atoms with Crippen molar-refractivity contribution >= 4 is 27.9 Å². The van der Waals surface area contributed by atoms with Gasteiger partial charge in [0.1, 0.15) is 17.8 Å². The minimum absolute atomic E-state index is 0.00252. The van der Waals surface area contributed by atoms with E-state index >= 15 is 0 Å². The van der Waals surface area contributed by atoms with Crippen LogP contribution in [0, 0.1) is 10.1 Å².